The number of ether oxygens (including phenoxy) is 2. The second kappa shape index (κ2) is 5.14. The van der Waals surface area contributed by atoms with Crippen molar-refractivity contribution in [2.45, 2.75) is 18.4 Å². The molecule has 2 atom stereocenters. The highest BCUT2D eigenvalue weighted by molar-refractivity contribution is 9.10. The van der Waals surface area contributed by atoms with E-state index in [0.717, 1.165) is 12.1 Å². The molecular weight excluding hydrogens is 320 g/mol. The third-order valence-electron chi connectivity index (χ3n) is 2.39. The lowest BCUT2D eigenvalue weighted by molar-refractivity contribution is -0.225. The zero-order valence-corrected chi connectivity index (χ0v) is 10.6. The van der Waals surface area contributed by atoms with Crippen LogP contribution in [0.1, 0.15) is 11.7 Å². The summed E-state index contributed by atoms with van der Waals surface area (Å²) in [6.45, 7) is 0.182. The largest absolute Gasteiger partial charge is 0.418 e. The van der Waals surface area contributed by atoms with Crippen molar-refractivity contribution in [1.29, 1.82) is 0 Å². The number of hydrogen-bond donors (Lipinski definition) is 0. The number of benzene rings is 1. The SMILES string of the molecule is Fc1ccc(Br)cc1C(OCC1CO1)C(F)(F)F. The van der Waals surface area contributed by atoms with Gasteiger partial charge < -0.3 is 9.47 Å². The van der Waals surface area contributed by atoms with Gasteiger partial charge in [0.05, 0.1) is 13.2 Å². The van der Waals surface area contributed by atoms with Crippen LogP contribution < -0.4 is 0 Å². The van der Waals surface area contributed by atoms with Gasteiger partial charge in [-0.1, -0.05) is 15.9 Å². The first kappa shape index (κ1) is 13.8. The first-order valence-electron chi connectivity index (χ1n) is 5.13. The van der Waals surface area contributed by atoms with E-state index >= 15 is 0 Å². The summed E-state index contributed by atoms with van der Waals surface area (Å²) < 4.78 is 61.8. The van der Waals surface area contributed by atoms with E-state index in [4.69, 9.17) is 9.47 Å². The summed E-state index contributed by atoms with van der Waals surface area (Å²) in [6, 6.07) is 3.37. The van der Waals surface area contributed by atoms with Crippen molar-refractivity contribution in [2.75, 3.05) is 13.2 Å². The van der Waals surface area contributed by atoms with Crippen molar-refractivity contribution in [2.24, 2.45) is 0 Å². The second-order valence-corrected chi connectivity index (χ2v) is 4.79. The van der Waals surface area contributed by atoms with Gasteiger partial charge in [-0.3, -0.25) is 0 Å². The van der Waals surface area contributed by atoms with Crippen LogP contribution in [0.5, 0.6) is 0 Å². The molecular formula is C11H9BrF4O2. The zero-order chi connectivity index (χ0) is 13.3. The van der Waals surface area contributed by atoms with Gasteiger partial charge in [-0.15, -0.1) is 0 Å². The van der Waals surface area contributed by atoms with Crippen LogP contribution >= 0.6 is 15.9 Å². The Morgan fingerprint density at radius 1 is 1.44 bits per heavy atom. The summed E-state index contributed by atoms with van der Waals surface area (Å²) in [5, 5.41) is 0. The Morgan fingerprint density at radius 2 is 2.11 bits per heavy atom. The van der Waals surface area contributed by atoms with Crippen LogP contribution in [-0.2, 0) is 9.47 Å². The van der Waals surface area contributed by atoms with E-state index in [-0.39, 0.29) is 12.7 Å². The van der Waals surface area contributed by atoms with Crippen LogP contribution in [0.3, 0.4) is 0 Å². The predicted molar refractivity (Wildman–Crippen MR) is 58.6 cm³/mol. The topological polar surface area (TPSA) is 21.8 Å². The fourth-order valence-electron chi connectivity index (χ4n) is 1.44. The third-order valence-corrected chi connectivity index (χ3v) is 2.88. The molecule has 0 spiro atoms. The van der Waals surface area contributed by atoms with Crippen LogP contribution in [0.2, 0.25) is 0 Å². The van der Waals surface area contributed by atoms with Gasteiger partial charge in [-0.25, -0.2) is 4.39 Å². The molecule has 2 unspecified atom stereocenters. The minimum Gasteiger partial charge on any atom is -0.371 e. The lowest BCUT2D eigenvalue weighted by Gasteiger charge is -2.21. The predicted octanol–water partition coefficient (Wildman–Crippen LogP) is 3.61. The van der Waals surface area contributed by atoms with E-state index in [9.17, 15) is 17.6 Å². The molecule has 1 aliphatic rings. The molecule has 2 nitrogen and oxygen atoms in total. The molecule has 1 aliphatic heterocycles. The van der Waals surface area contributed by atoms with E-state index < -0.39 is 23.7 Å². The smallest absolute Gasteiger partial charge is 0.371 e. The molecule has 1 heterocycles. The summed E-state index contributed by atoms with van der Waals surface area (Å²) in [6.07, 6.45) is -7.26. The van der Waals surface area contributed by atoms with Gasteiger partial charge in [0.2, 0.25) is 0 Å². The van der Waals surface area contributed by atoms with Crippen LogP contribution in [0.25, 0.3) is 0 Å². The van der Waals surface area contributed by atoms with Crippen molar-refractivity contribution < 1.29 is 27.0 Å². The van der Waals surface area contributed by atoms with Crippen LogP contribution in [0.15, 0.2) is 22.7 Å². The summed E-state index contributed by atoms with van der Waals surface area (Å²) in [4.78, 5) is 0. The van der Waals surface area contributed by atoms with E-state index in [1.807, 2.05) is 0 Å². The zero-order valence-electron chi connectivity index (χ0n) is 9.01. The monoisotopic (exact) mass is 328 g/mol. The second-order valence-electron chi connectivity index (χ2n) is 3.88. The quantitative estimate of drug-likeness (QED) is 0.622. The number of hydrogen-bond acceptors (Lipinski definition) is 2. The fourth-order valence-corrected chi connectivity index (χ4v) is 1.82. The first-order valence-corrected chi connectivity index (χ1v) is 5.92. The van der Waals surface area contributed by atoms with Gasteiger partial charge in [-0.05, 0) is 18.2 Å². The highest BCUT2D eigenvalue weighted by Gasteiger charge is 2.44. The Kier molecular flexibility index (Phi) is 3.93. The molecule has 1 aromatic rings. The molecule has 100 valence electrons. The minimum atomic E-state index is -4.67. The fraction of sp³-hybridized carbons (Fsp3) is 0.455. The third kappa shape index (κ3) is 3.43. The van der Waals surface area contributed by atoms with E-state index in [2.05, 4.69) is 15.9 Å². The average Bonchev–Trinajstić information content (AvgIpc) is 3.05. The standard InChI is InChI=1S/C11H9BrF4O2/c12-6-1-2-9(13)8(3-6)10(11(14,15)16)18-5-7-4-17-7/h1-3,7,10H,4-5H2. The molecule has 2 rings (SSSR count). The molecule has 0 aliphatic carbocycles. The number of epoxide rings is 1. The van der Waals surface area contributed by atoms with Crippen molar-refractivity contribution in [3.63, 3.8) is 0 Å². The Balaban J connectivity index is 2.23. The van der Waals surface area contributed by atoms with Crippen LogP contribution in [0.4, 0.5) is 17.6 Å². The van der Waals surface area contributed by atoms with Gasteiger partial charge in [-0.2, -0.15) is 13.2 Å². The molecule has 0 aromatic heterocycles. The number of halogens is 5. The lowest BCUT2D eigenvalue weighted by atomic mass is 10.1. The van der Waals surface area contributed by atoms with Crippen LogP contribution in [0, 0.1) is 5.82 Å². The summed E-state index contributed by atoms with van der Waals surface area (Å²) in [7, 11) is 0. The van der Waals surface area contributed by atoms with Crippen LogP contribution in [-0.4, -0.2) is 25.5 Å². The number of rotatable bonds is 4. The molecule has 0 N–H and O–H groups in total. The van der Waals surface area contributed by atoms with E-state index in [0.29, 0.717) is 11.1 Å². The summed E-state index contributed by atoms with van der Waals surface area (Å²) >= 11 is 3.01. The minimum absolute atomic E-state index is 0.198. The van der Waals surface area contributed by atoms with Crippen molar-refractivity contribution >= 4 is 15.9 Å². The molecule has 1 fully saturated rings. The average molecular weight is 329 g/mol. The van der Waals surface area contributed by atoms with E-state index in [1.165, 1.54) is 6.07 Å². The first-order chi connectivity index (χ1) is 8.38. The molecule has 0 amide bonds. The lowest BCUT2D eigenvalue weighted by Crippen LogP contribution is -2.26. The molecule has 7 heteroatoms. The maximum Gasteiger partial charge on any atom is 0.418 e. The molecule has 0 saturated carbocycles. The molecule has 0 radical (unpaired) electrons. The van der Waals surface area contributed by atoms with Crippen molar-refractivity contribution in [3.05, 3.63) is 34.1 Å². The van der Waals surface area contributed by atoms with Gasteiger partial charge in [0, 0.05) is 10.0 Å². The van der Waals surface area contributed by atoms with Gasteiger partial charge >= 0.3 is 6.18 Å². The van der Waals surface area contributed by atoms with Crippen molar-refractivity contribution in [3.8, 4) is 0 Å². The van der Waals surface area contributed by atoms with Gasteiger partial charge in [0.25, 0.3) is 0 Å². The molecule has 0 bridgehead atoms. The van der Waals surface area contributed by atoms with Crippen molar-refractivity contribution in [1.82, 2.24) is 0 Å². The Morgan fingerprint density at radius 3 is 2.67 bits per heavy atom. The maximum atomic E-state index is 13.5. The highest BCUT2D eigenvalue weighted by atomic mass is 79.9. The van der Waals surface area contributed by atoms with Gasteiger partial charge in [0.1, 0.15) is 11.9 Å². The molecule has 1 saturated heterocycles. The summed E-state index contributed by atoms with van der Waals surface area (Å²) in [5.74, 6) is -0.947. The van der Waals surface area contributed by atoms with E-state index in [1.54, 1.807) is 0 Å². The van der Waals surface area contributed by atoms with Gasteiger partial charge in [0.15, 0.2) is 6.10 Å². The summed E-state index contributed by atoms with van der Waals surface area (Å²) in [5.41, 5.74) is -0.530. The molecule has 18 heavy (non-hydrogen) atoms. The Bertz CT molecular complexity index is 432. The Labute approximate surface area is 109 Å². The highest BCUT2D eigenvalue weighted by Crippen LogP contribution is 2.38. The molecule has 1 aromatic carbocycles. The Hall–Kier alpha value is -0.660. The normalized spacial score (nSPS) is 20.8. The maximum absolute atomic E-state index is 13.5. The number of alkyl halides is 3.